The number of halogens is 1. The largest absolute Gasteiger partial charge is 3.00 e. The normalized spacial score (nSPS) is 9.08. The van der Waals surface area contributed by atoms with Crippen LogP contribution in [0.2, 0.25) is 0 Å². The third kappa shape index (κ3) is 527. The van der Waals surface area contributed by atoms with Crippen molar-refractivity contribution >= 4 is 70.7 Å². The van der Waals surface area contributed by atoms with Gasteiger partial charge in [-0.15, -0.1) is 0 Å². The Kier molecular flexibility index (Phi) is 27.2. The molecule has 72 valence electrons. The summed E-state index contributed by atoms with van der Waals surface area (Å²) in [5.41, 5.74) is 0. The zero-order valence-corrected chi connectivity index (χ0v) is 11.1. The second kappa shape index (κ2) is 12.0. The quantitative estimate of drug-likeness (QED) is 0.325. The molecule has 0 spiro atoms. The average molecular weight is 278 g/mol. The SMILES string of the molecule is O=P([O-])(O)O.O=P([O-])([O-])[O-].[Al+3].[Ca+2].[F-]. The summed E-state index contributed by atoms with van der Waals surface area (Å²) in [6.45, 7) is 0. The number of rotatable bonds is 0. The van der Waals surface area contributed by atoms with E-state index in [2.05, 4.69) is 0 Å². The number of hydrogen-bond donors (Lipinski definition) is 2. The van der Waals surface area contributed by atoms with E-state index in [-0.39, 0.29) is 59.8 Å². The molecule has 0 aromatic carbocycles. The zero-order chi connectivity index (χ0) is 9.00. The van der Waals surface area contributed by atoms with Crippen LogP contribution in [0.15, 0.2) is 0 Å². The van der Waals surface area contributed by atoms with Gasteiger partial charge in [0.1, 0.15) is 0 Å². The molecule has 0 amide bonds. The molecule has 0 radical (unpaired) electrons. The Morgan fingerprint density at radius 1 is 0.923 bits per heavy atom. The van der Waals surface area contributed by atoms with Crippen LogP contribution in [0.5, 0.6) is 0 Å². The molecule has 0 fully saturated rings. The van der Waals surface area contributed by atoms with E-state index >= 15 is 0 Å². The van der Waals surface area contributed by atoms with Crippen LogP contribution < -0.4 is 24.3 Å². The van der Waals surface area contributed by atoms with Gasteiger partial charge < -0.3 is 38.6 Å². The maximum atomic E-state index is 8.77. The Morgan fingerprint density at radius 2 is 0.923 bits per heavy atom. The maximum absolute atomic E-state index is 8.77. The fourth-order valence-electron chi connectivity index (χ4n) is 0. The topological polar surface area (TPSA) is 167 Å². The minimum atomic E-state index is -5.39. The van der Waals surface area contributed by atoms with Crippen LogP contribution >= 0.6 is 15.6 Å². The van der Waals surface area contributed by atoms with Gasteiger partial charge in [0.2, 0.25) is 0 Å². The maximum Gasteiger partial charge on any atom is 3.00 e. The van der Waals surface area contributed by atoms with E-state index in [4.69, 9.17) is 38.5 Å². The smallest absolute Gasteiger partial charge is 1.00 e. The van der Waals surface area contributed by atoms with Gasteiger partial charge in [0.15, 0.2) is 0 Å². The monoisotopic (exact) mass is 278 g/mol. The fraction of sp³-hybridized carbons (Fsp3) is 0. The Bertz CT molecular complexity index is 134. The van der Waals surface area contributed by atoms with Gasteiger partial charge in [0.25, 0.3) is 7.82 Å². The zero-order valence-electron chi connectivity index (χ0n) is 5.90. The molecular weight excluding hydrogens is 276 g/mol. The first-order chi connectivity index (χ1) is 4.00. The Hall–Kier alpha value is 1.94. The van der Waals surface area contributed by atoms with E-state index < -0.39 is 15.6 Å². The Balaban J connectivity index is -0.0000000267. The van der Waals surface area contributed by atoms with Crippen LogP contribution in [0.25, 0.3) is 0 Å². The second-order valence-corrected chi connectivity index (χ2v) is 2.81. The summed E-state index contributed by atoms with van der Waals surface area (Å²) >= 11 is 0. The molecule has 0 atom stereocenters. The summed E-state index contributed by atoms with van der Waals surface area (Å²) in [6, 6.07) is 0. The molecule has 0 saturated carbocycles. The van der Waals surface area contributed by atoms with Gasteiger partial charge >= 0.3 is 55.1 Å². The first-order valence-corrected chi connectivity index (χ1v) is 4.49. The first-order valence-electron chi connectivity index (χ1n) is 1.50. The Morgan fingerprint density at radius 3 is 0.923 bits per heavy atom. The van der Waals surface area contributed by atoms with Crippen LogP contribution in [0.3, 0.4) is 0 Å². The summed E-state index contributed by atoms with van der Waals surface area (Å²) in [4.78, 5) is 48.6. The third-order valence-corrected chi connectivity index (χ3v) is 0. The van der Waals surface area contributed by atoms with Crippen molar-refractivity contribution in [2.45, 2.75) is 0 Å². The average Bonchev–Trinajstić information content (AvgIpc) is 1.12. The predicted molar refractivity (Wildman–Crippen MR) is 31.2 cm³/mol. The van der Waals surface area contributed by atoms with Gasteiger partial charge in [0.05, 0.1) is 0 Å². The number of hydrogen-bond acceptors (Lipinski definition) is 6. The molecule has 2 N–H and O–H groups in total. The van der Waals surface area contributed by atoms with Crippen molar-refractivity contribution in [2.24, 2.45) is 0 Å². The van der Waals surface area contributed by atoms with E-state index in [1.807, 2.05) is 0 Å². The van der Waals surface area contributed by atoms with Gasteiger partial charge in [-0.3, -0.25) is 4.57 Å². The summed E-state index contributed by atoms with van der Waals surface area (Å²) in [7, 11) is -10.3. The predicted octanol–water partition coefficient (Wildman–Crippen LogP) is -8.14. The molecule has 0 aromatic rings. The van der Waals surface area contributed by atoms with E-state index in [0.717, 1.165) is 0 Å². The molecule has 0 aliphatic carbocycles. The van der Waals surface area contributed by atoms with Gasteiger partial charge in [-0.25, -0.2) is 0 Å². The van der Waals surface area contributed by atoms with E-state index in [1.165, 1.54) is 0 Å². The van der Waals surface area contributed by atoms with Crippen molar-refractivity contribution in [3.63, 3.8) is 0 Å². The van der Waals surface area contributed by atoms with E-state index in [9.17, 15) is 0 Å². The van der Waals surface area contributed by atoms with Gasteiger partial charge in [0, 0.05) is 0 Å². The third-order valence-electron chi connectivity index (χ3n) is 0. The molecule has 8 nitrogen and oxygen atoms in total. The molecular formula is H2AlCaFO8P2. The first kappa shape index (κ1) is 29.4. The molecule has 0 aromatic heterocycles. The van der Waals surface area contributed by atoms with Crippen LogP contribution in [0.1, 0.15) is 0 Å². The van der Waals surface area contributed by atoms with Crippen LogP contribution in [0, 0.1) is 0 Å². The van der Waals surface area contributed by atoms with Crippen molar-refractivity contribution in [3.05, 3.63) is 0 Å². The molecule has 0 aliphatic heterocycles. The number of phosphoric acid groups is 2. The minimum absolute atomic E-state index is 0. The van der Waals surface area contributed by atoms with Gasteiger partial charge in [-0.05, 0) is 0 Å². The van der Waals surface area contributed by atoms with Crippen molar-refractivity contribution in [3.8, 4) is 0 Å². The van der Waals surface area contributed by atoms with Crippen LogP contribution in [0.4, 0.5) is 0 Å². The fourth-order valence-corrected chi connectivity index (χ4v) is 0. The molecule has 0 bridgehead atoms. The van der Waals surface area contributed by atoms with E-state index in [0.29, 0.717) is 0 Å². The molecule has 0 heterocycles. The molecule has 0 saturated heterocycles. The minimum Gasteiger partial charge on any atom is -1.00 e. The summed E-state index contributed by atoms with van der Waals surface area (Å²) < 4.78 is 17.3. The van der Waals surface area contributed by atoms with Crippen molar-refractivity contribution in [1.29, 1.82) is 0 Å². The molecule has 0 rings (SSSR count). The van der Waals surface area contributed by atoms with Crippen molar-refractivity contribution in [2.75, 3.05) is 0 Å². The van der Waals surface area contributed by atoms with E-state index in [1.54, 1.807) is 0 Å². The van der Waals surface area contributed by atoms with Crippen LogP contribution in [-0.2, 0) is 9.13 Å². The van der Waals surface area contributed by atoms with Crippen LogP contribution in [-0.4, -0.2) is 64.9 Å². The molecule has 0 aliphatic rings. The van der Waals surface area contributed by atoms with Crippen molar-refractivity contribution < 1.29 is 43.2 Å². The van der Waals surface area contributed by atoms with Gasteiger partial charge in [-0.2, -0.15) is 7.82 Å². The molecule has 13 heavy (non-hydrogen) atoms. The molecule has 0 unspecified atom stereocenters. The summed E-state index contributed by atoms with van der Waals surface area (Å²) in [5, 5.41) is 0. The summed E-state index contributed by atoms with van der Waals surface area (Å²) in [6.07, 6.45) is 0. The summed E-state index contributed by atoms with van der Waals surface area (Å²) in [5.74, 6) is 0. The van der Waals surface area contributed by atoms with Crippen molar-refractivity contribution in [1.82, 2.24) is 0 Å². The second-order valence-electron chi connectivity index (χ2n) is 0.938. The molecule has 13 heteroatoms. The van der Waals surface area contributed by atoms with Gasteiger partial charge in [-0.1, -0.05) is 0 Å². The standard InChI is InChI=1S/Al.Ca.FH.2H3O4P/c;;;2*1-5(2,3)4/h;;1H;2*(H3,1,2,3,4)/q+3;+2;;;/p-5. The Labute approximate surface area is 113 Å².